The van der Waals surface area contributed by atoms with E-state index in [1.54, 1.807) is 0 Å². The summed E-state index contributed by atoms with van der Waals surface area (Å²) in [5, 5.41) is 12.4. The van der Waals surface area contributed by atoms with Crippen LogP contribution in [0.25, 0.3) is 0 Å². The second-order valence-corrected chi connectivity index (χ2v) is 5.08. The number of benzene rings is 1. The minimum absolute atomic E-state index is 0.0419. The van der Waals surface area contributed by atoms with E-state index in [9.17, 15) is 9.90 Å². The number of rotatable bonds is 5. The largest absolute Gasteiger partial charge is 0.394 e. The Morgan fingerprint density at radius 3 is 2.63 bits per heavy atom. The minimum Gasteiger partial charge on any atom is -0.394 e. The maximum atomic E-state index is 12.3. The number of hydrogen-bond acceptors (Lipinski definition) is 3. The van der Waals surface area contributed by atoms with E-state index in [4.69, 9.17) is 4.74 Å². The van der Waals surface area contributed by atoms with Crippen LogP contribution in [0, 0.1) is 0 Å². The summed E-state index contributed by atoms with van der Waals surface area (Å²) in [4.78, 5) is 12.3. The normalized spacial score (nSPS) is 14.3. The fraction of sp³-hybridized carbons (Fsp3) is 0.533. The Balaban J connectivity index is 2.16. The highest BCUT2D eigenvalue weighted by molar-refractivity contribution is 5.95. The van der Waals surface area contributed by atoms with E-state index in [0.29, 0.717) is 31.6 Å². The van der Waals surface area contributed by atoms with Gasteiger partial charge in [-0.05, 0) is 36.1 Å². The molecule has 0 aliphatic carbocycles. The molecule has 1 aromatic carbocycles. The van der Waals surface area contributed by atoms with Crippen LogP contribution in [-0.2, 0) is 18.0 Å². The van der Waals surface area contributed by atoms with Crippen molar-refractivity contribution < 1.29 is 14.6 Å². The van der Waals surface area contributed by atoms with Crippen LogP contribution in [0.3, 0.4) is 0 Å². The van der Waals surface area contributed by atoms with Gasteiger partial charge in [0.15, 0.2) is 0 Å². The van der Waals surface area contributed by atoms with Crippen molar-refractivity contribution in [1.82, 2.24) is 5.32 Å². The Morgan fingerprint density at radius 2 is 2.00 bits per heavy atom. The van der Waals surface area contributed by atoms with Gasteiger partial charge in [-0.1, -0.05) is 19.9 Å². The van der Waals surface area contributed by atoms with Crippen molar-refractivity contribution in [3.8, 4) is 0 Å². The van der Waals surface area contributed by atoms with Crippen LogP contribution in [0.4, 0.5) is 0 Å². The topological polar surface area (TPSA) is 58.6 Å². The first kappa shape index (κ1) is 14.0. The van der Waals surface area contributed by atoms with Gasteiger partial charge in [0.1, 0.15) is 0 Å². The summed E-state index contributed by atoms with van der Waals surface area (Å²) in [6.07, 6.45) is 1.42. The number of hydrogen-bond donors (Lipinski definition) is 2. The average molecular weight is 263 g/mol. The molecule has 0 unspecified atom stereocenters. The van der Waals surface area contributed by atoms with Crippen LogP contribution in [0.1, 0.15) is 48.2 Å². The van der Waals surface area contributed by atoms with Gasteiger partial charge in [0.25, 0.3) is 5.91 Å². The molecule has 1 aliphatic rings. The van der Waals surface area contributed by atoms with E-state index in [-0.39, 0.29) is 12.5 Å². The van der Waals surface area contributed by atoms with Crippen LogP contribution < -0.4 is 5.32 Å². The summed E-state index contributed by atoms with van der Waals surface area (Å²) in [5.74, 6) is -0.132. The Bertz CT molecular complexity index is 458. The lowest BCUT2D eigenvalue weighted by Crippen LogP contribution is -2.50. The predicted molar refractivity (Wildman–Crippen MR) is 72.8 cm³/mol. The van der Waals surface area contributed by atoms with Crippen molar-refractivity contribution in [3.63, 3.8) is 0 Å². The first-order valence-electron chi connectivity index (χ1n) is 6.77. The summed E-state index contributed by atoms with van der Waals surface area (Å²) in [7, 11) is 0. The number of carbonyl (C=O) groups is 1. The van der Waals surface area contributed by atoms with Gasteiger partial charge in [-0.25, -0.2) is 0 Å². The molecule has 1 amide bonds. The standard InChI is InChI=1S/C15H21NO3/c1-3-15(4-2,10-17)16-14(18)11-5-6-12-8-19-9-13(12)7-11/h5-7,17H,3-4,8-10H2,1-2H3,(H,16,18). The smallest absolute Gasteiger partial charge is 0.251 e. The zero-order chi connectivity index (χ0) is 13.9. The Morgan fingerprint density at radius 1 is 1.32 bits per heavy atom. The van der Waals surface area contributed by atoms with E-state index < -0.39 is 5.54 Å². The average Bonchev–Trinajstić information content (AvgIpc) is 2.92. The third-order valence-electron chi connectivity index (χ3n) is 4.02. The zero-order valence-corrected chi connectivity index (χ0v) is 11.5. The minimum atomic E-state index is -0.521. The predicted octanol–water partition coefficient (Wildman–Crippen LogP) is 2.00. The number of nitrogens with one attached hydrogen (secondary N) is 1. The van der Waals surface area contributed by atoms with Gasteiger partial charge in [0.05, 0.1) is 25.4 Å². The summed E-state index contributed by atoms with van der Waals surface area (Å²) in [6, 6.07) is 5.64. The Hall–Kier alpha value is -1.39. The molecule has 0 aromatic heterocycles. The molecule has 1 aromatic rings. The number of carbonyl (C=O) groups excluding carboxylic acids is 1. The van der Waals surface area contributed by atoms with E-state index in [1.165, 1.54) is 0 Å². The fourth-order valence-corrected chi connectivity index (χ4v) is 2.32. The number of aliphatic hydroxyl groups excluding tert-OH is 1. The third kappa shape index (κ3) is 2.80. The summed E-state index contributed by atoms with van der Waals surface area (Å²) >= 11 is 0. The van der Waals surface area contributed by atoms with Gasteiger partial charge in [0, 0.05) is 5.56 Å². The Kier molecular flexibility index (Phi) is 4.22. The van der Waals surface area contributed by atoms with Crippen molar-refractivity contribution in [2.24, 2.45) is 0 Å². The lowest BCUT2D eigenvalue weighted by atomic mass is 9.93. The van der Waals surface area contributed by atoms with E-state index in [0.717, 1.165) is 11.1 Å². The molecule has 0 spiro atoms. The molecular formula is C15H21NO3. The van der Waals surface area contributed by atoms with Gasteiger partial charge >= 0.3 is 0 Å². The highest BCUT2D eigenvalue weighted by Crippen LogP contribution is 2.22. The van der Waals surface area contributed by atoms with Crippen molar-refractivity contribution in [3.05, 3.63) is 34.9 Å². The number of ether oxygens (including phenoxy) is 1. The number of aliphatic hydroxyl groups is 1. The van der Waals surface area contributed by atoms with Crippen LogP contribution in [-0.4, -0.2) is 23.2 Å². The molecule has 0 atom stereocenters. The van der Waals surface area contributed by atoms with Crippen molar-refractivity contribution >= 4 is 5.91 Å². The maximum absolute atomic E-state index is 12.3. The molecule has 0 saturated carbocycles. The molecule has 2 rings (SSSR count). The van der Waals surface area contributed by atoms with Crippen LogP contribution >= 0.6 is 0 Å². The summed E-state index contributed by atoms with van der Waals surface area (Å²) in [5.41, 5.74) is 2.34. The second-order valence-electron chi connectivity index (χ2n) is 5.08. The molecule has 0 radical (unpaired) electrons. The first-order chi connectivity index (χ1) is 9.14. The lowest BCUT2D eigenvalue weighted by Gasteiger charge is -2.30. The highest BCUT2D eigenvalue weighted by atomic mass is 16.5. The molecule has 4 nitrogen and oxygen atoms in total. The maximum Gasteiger partial charge on any atom is 0.251 e. The fourth-order valence-electron chi connectivity index (χ4n) is 2.32. The van der Waals surface area contributed by atoms with Gasteiger partial charge in [-0.2, -0.15) is 0 Å². The highest BCUT2D eigenvalue weighted by Gasteiger charge is 2.28. The Labute approximate surface area is 113 Å². The van der Waals surface area contributed by atoms with E-state index in [1.807, 2.05) is 32.0 Å². The van der Waals surface area contributed by atoms with Crippen LogP contribution in [0.5, 0.6) is 0 Å². The van der Waals surface area contributed by atoms with Crippen molar-refractivity contribution in [2.75, 3.05) is 6.61 Å². The molecule has 0 bridgehead atoms. The zero-order valence-electron chi connectivity index (χ0n) is 11.5. The lowest BCUT2D eigenvalue weighted by molar-refractivity contribution is 0.0817. The van der Waals surface area contributed by atoms with Gasteiger partial charge in [-0.15, -0.1) is 0 Å². The summed E-state index contributed by atoms with van der Waals surface area (Å²) < 4.78 is 5.34. The second kappa shape index (κ2) is 5.72. The van der Waals surface area contributed by atoms with E-state index in [2.05, 4.69) is 5.32 Å². The molecular weight excluding hydrogens is 242 g/mol. The van der Waals surface area contributed by atoms with E-state index >= 15 is 0 Å². The van der Waals surface area contributed by atoms with Crippen LogP contribution in [0.2, 0.25) is 0 Å². The third-order valence-corrected chi connectivity index (χ3v) is 4.02. The van der Waals surface area contributed by atoms with Gasteiger partial charge in [0.2, 0.25) is 0 Å². The summed E-state index contributed by atoms with van der Waals surface area (Å²) in [6.45, 7) is 5.09. The SMILES string of the molecule is CCC(CC)(CO)NC(=O)c1ccc2c(c1)COC2. The van der Waals surface area contributed by atoms with Crippen LogP contribution in [0.15, 0.2) is 18.2 Å². The molecule has 1 heterocycles. The monoisotopic (exact) mass is 263 g/mol. The van der Waals surface area contributed by atoms with Crippen molar-refractivity contribution in [1.29, 1.82) is 0 Å². The molecule has 19 heavy (non-hydrogen) atoms. The number of amides is 1. The molecule has 4 heteroatoms. The van der Waals surface area contributed by atoms with Crippen molar-refractivity contribution in [2.45, 2.75) is 45.4 Å². The molecule has 104 valence electrons. The quantitative estimate of drug-likeness (QED) is 0.854. The van der Waals surface area contributed by atoms with Gasteiger partial charge in [-0.3, -0.25) is 4.79 Å². The molecule has 1 aliphatic heterocycles. The number of fused-ring (bicyclic) bond motifs is 1. The molecule has 0 fully saturated rings. The first-order valence-corrected chi connectivity index (χ1v) is 6.77. The molecule has 2 N–H and O–H groups in total. The molecule has 0 saturated heterocycles. The van der Waals surface area contributed by atoms with Gasteiger partial charge < -0.3 is 15.2 Å².